The molecule has 0 bridgehead atoms. The Hall–Kier alpha value is -1.59. The molecule has 1 heterocycles. The molecule has 1 amide bonds. The van der Waals surface area contributed by atoms with E-state index >= 15 is 0 Å². The van der Waals surface area contributed by atoms with E-state index < -0.39 is 5.60 Å². The Kier molecular flexibility index (Phi) is 3.52. The van der Waals surface area contributed by atoms with Crippen LogP contribution in [0.3, 0.4) is 0 Å². The van der Waals surface area contributed by atoms with E-state index in [1.807, 2.05) is 37.2 Å². The maximum Gasteiger partial charge on any atom is 0.223 e. The summed E-state index contributed by atoms with van der Waals surface area (Å²) in [5, 5.41) is 10.4. The van der Waals surface area contributed by atoms with E-state index in [2.05, 4.69) is 0 Å². The van der Waals surface area contributed by atoms with Crippen LogP contribution in [0.25, 0.3) is 0 Å². The molecular formula is C14H21N3O2. The van der Waals surface area contributed by atoms with Gasteiger partial charge in [-0.15, -0.1) is 0 Å². The Morgan fingerprint density at radius 3 is 2.74 bits per heavy atom. The van der Waals surface area contributed by atoms with Crippen LogP contribution in [-0.4, -0.2) is 43.8 Å². The van der Waals surface area contributed by atoms with Crippen molar-refractivity contribution < 1.29 is 9.90 Å². The maximum atomic E-state index is 11.7. The first kappa shape index (κ1) is 13.8. The first-order valence-corrected chi connectivity index (χ1v) is 6.37. The third-order valence-electron chi connectivity index (χ3n) is 3.60. The molecule has 0 spiro atoms. The molecule has 0 aromatic heterocycles. The van der Waals surface area contributed by atoms with Crippen molar-refractivity contribution in [2.75, 3.05) is 37.0 Å². The minimum Gasteiger partial charge on any atom is -0.386 e. The van der Waals surface area contributed by atoms with E-state index in [9.17, 15) is 9.90 Å². The molecule has 3 N–H and O–H groups in total. The molecule has 5 nitrogen and oxygen atoms in total. The Bertz CT molecular complexity index is 501. The van der Waals surface area contributed by atoms with E-state index in [4.69, 9.17) is 5.73 Å². The summed E-state index contributed by atoms with van der Waals surface area (Å²) in [6.07, 6.45) is 0.476. The molecular weight excluding hydrogens is 242 g/mol. The predicted molar refractivity (Wildman–Crippen MR) is 76.5 cm³/mol. The lowest BCUT2D eigenvalue weighted by Crippen LogP contribution is -2.54. The smallest absolute Gasteiger partial charge is 0.223 e. The van der Waals surface area contributed by atoms with Crippen LogP contribution in [0.1, 0.15) is 12.5 Å². The van der Waals surface area contributed by atoms with Gasteiger partial charge in [-0.3, -0.25) is 4.79 Å². The molecule has 1 aliphatic rings. The molecule has 2 rings (SSSR count). The van der Waals surface area contributed by atoms with E-state index in [0.29, 0.717) is 6.42 Å². The summed E-state index contributed by atoms with van der Waals surface area (Å²) >= 11 is 0. The van der Waals surface area contributed by atoms with Gasteiger partial charge in [-0.1, -0.05) is 0 Å². The zero-order chi connectivity index (χ0) is 14.2. The van der Waals surface area contributed by atoms with Crippen LogP contribution in [0.2, 0.25) is 0 Å². The summed E-state index contributed by atoms with van der Waals surface area (Å²) in [6, 6.07) is 5.91. The molecule has 0 fully saturated rings. The maximum absolute atomic E-state index is 11.7. The van der Waals surface area contributed by atoms with Crippen LogP contribution >= 0.6 is 0 Å². The zero-order valence-electron chi connectivity index (χ0n) is 11.7. The first-order chi connectivity index (χ1) is 8.86. The Balaban J connectivity index is 2.48. The number of amides is 1. The van der Waals surface area contributed by atoms with Crippen LogP contribution in [0, 0.1) is 0 Å². The zero-order valence-corrected chi connectivity index (χ0v) is 11.7. The van der Waals surface area contributed by atoms with Gasteiger partial charge in [0.25, 0.3) is 0 Å². The van der Waals surface area contributed by atoms with E-state index in [0.717, 1.165) is 16.9 Å². The largest absolute Gasteiger partial charge is 0.386 e. The average Bonchev–Trinajstić information content (AvgIpc) is 2.36. The number of benzene rings is 1. The first-order valence-electron chi connectivity index (χ1n) is 6.37. The van der Waals surface area contributed by atoms with Gasteiger partial charge in [0.2, 0.25) is 5.91 Å². The number of nitrogens with two attached hydrogens (primary N) is 1. The number of nitrogens with zero attached hydrogens (tertiary/aromatic N) is 2. The number of rotatable bonds is 2. The number of fused-ring (bicyclic) bond motifs is 1. The van der Waals surface area contributed by atoms with Crippen molar-refractivity contribution in [1.29, 1.82) is 0 Å². The summed E-state index contributed by atoms with van der Waals surface area (Å²) in [4.78, 5) is 15.3. The number of hydrogen-bond donors (Lipinski definition) is 2. The molecule has 1 atom stereocenters. The molecule has 19 heavy (non-hydrogen) atoms. The number of carbonyl (C=O) groups excluding carboxylic acids is 1. The van der Waals surface area contributed by atoms with Gasteiger partial charge in [-0.05, 0) is 23.8 Å². The van der Waals surface area contributed by atoms with Crippen LogP contribution in [-0.2, 0) is 11.2 Å². The summed E-state index contributed by atoms with van der Waals surface area (Å²) in [6.45, 7) is 1.90. The lowest BCUT2D eigenvalue weighted by Gasteiger charge is -2.39. The summed E-state index contributed by atoms with van der Waals surface area (Å²) in [5.41, 5.74) is 7.49. The van der Waals surface area contributed by atoms with E-state index in [-0.39, 0.29) is 19.0 Å². The molecule has 1 aromatic carbocycles. The second kappa shape index (κ2) is 4.83. The molecule has 1 unspecified atom stereocenters. The monoisotopic (exact) mass is 263 g/mol. The van der Waals surface area contributed by atoms with Crippen molar-refractivity contribution in [1.82, 2.24) is 0 Å². The predicted octanol–water partition coefficient (Wildman–Crippen LogP) is 0.351. The van der Waals surface area contributed by atoms with E-state index in [1.54, 1.807) is 4.90 Å². The van der Waals surface area contributed by atoms with Gasteiger partial charge in [0.05, 0.1) is 12.1 Å². The minimum absolute atomic E-state index is 0.0783. The van der Waals surface area contributed by atoms with Gasteiger partial charge in [0, 0.05) is 45.4 Å². The summed E-state index contributed by atoms with van der Waals surface area (Å²) in [5.74, 6) is -0.0783. The van der Waals surface area contributed by atoms with Gasteiger partial charge < -0.3 is 20.6 Å². The molecule has 0 aliphatic carbocycles. The lowest BCUT2D eigenvalue weighted by atomic mass is 9.88. The van der Waals surface area contributed by atoms with Crippen molar-refractivity contribution in [2.45, 2.75) is 18.9 Å². The minimum atomic E-state index is -1.04. The Morgan fingerprint density at radius 1 is 1.53 bits per heavy atom. The number of β-amino-alcohol motifs (C(OH)–C–C–N with tert-alkyl or cyclic N) is 1. The third-order valence-corrected chi connectivity index (χ3v) is 3.60. The van der Waals surface area contributed by atoms with Gasteiger partial charge in [-0.2, -0.15) is 0 Å². The van der Waals surface area contributed by atoms with Gasteiger partial charge in [-0.25, -0.2) is 0 Å². The Morgan fingerprint density at radius 2 is 2.21 bits per heavy atom. The van der Waals surface area contributed by atoms with Crippen molar-refractivity contribution in [2.24, 2.45) is 5.73 Å². The summed E-state index contributed by atoms with van der Waals surface area (Å²) < 4.78 is 0. The molecule has 5 heteroatoms. The number of anilines is 2. The summed E-state index contributed by atoms with van der Waals surface area (Å²) in [7, 11) is 3.92. The van der Waals surface area contributed by atoms with Crippen LogP contribution in [0.15, 0.2) is 18.2 Å². The highest BCUT2D eigenvalue weighted by molar-refractivity contribution is 5.93. The number of carbonyl (C=O) groups is 1. The van der Waals surface area contributed by atoms with Crippen LogP contribution in [0.4, 0.5) is 11.4 Å². The highest BCUT2D eigenvalue weighted by Gasteiger charge is 2.36. The fraction of sp³-hybridized carbons (Fsp3) is 0.500. The third kappa shape index (κ3) is 2.57. The molecule has 0 saturated carbocycles. The number of hydrogen-bond acceptors (Lipinski definition) is 4. The van der Waals surface area contributed by atoms with Crippen molar-refractivity contribution >= 4 is 17.3 Å². The molecule has 1 aliphatic heterocycles. The number of aliphatic hydroxyl groups is 1. The molecule has 0 saturated heterocycles. The van der Waals surface area contributed by atoms with Crippen molar-refractivity contribution in [3.8, 4) is 0 Å². The highest BCUT2D eigenvalue weighted by Crippen LogP contribution is 2.34. The molecule has 1 aromatic rings. The second-order valence-electron chi connectivity index (χ2n) is 5.42. The molecule has 104 valence electrons. The fourth-order valence-electron chi connectivity index (χ4n) is 2.46. The lowest BCUT2D eigenvalue weighted by molar-refractivity contribution is -0.117. The standard InChI is InChI=1S/C14H21N3O2/c1-10(18)17-9-14(19,8-15)7-11-6-12(16(2)3)4-5-13(11)17/h4-6,19H,7-9,15H2,1-3H3. The van der Waals surface area contributed by atoms with Crippen molar-refractivity contribution in [3.05, 3.63) is 23.8 Å². The Labute approximate surface area is 113 Å². The molecule has 0 radical (unpaired) electrons. The highest BCUT2D eigenvalue weighted by atomic mass is 16.3. The van der Waals surface area contributed by atoms with Gasteiger partial charge in [0.1, 0.15) is 0 Å². The fourth-order valence-corrected chi connectivity index (χ4v) is 2.46. The topological polar surface area (TPSA) is 69.8 Å². The van der Waals surface area contributed by atoms with Crippen molar-refractivity contribution in [3.63, 3.8) is 0 Å². The second-order valence-corrected chi connectivity index (χ2v) is 5.42. The normalized spacial score (nSPS) is 22.1. The van der Waals surface area contributed by atoms with Gasteiger partial charge >= 0.3 is 0 Å². The SMILES string of the molecule is CC(=O)N1CC(O)(CN)Cc2cc(N(C)C)ccc21. The quantitative estimate of drug-likeness (QED) is 0.808. The van der Waals surface area contributed by atoms with E-state index in [1.165, 1.54) is 6.92 Å². The van der Waals surface area contributed by atoms with Gasteiger partial charge in [0.15, 0.2) is 0 Å². The van der Waals surface area contributed by atoms with Crippen LogP contribution < -0.4 is 15.5 Å². The van der Waals surface area contributed by atoms with Crippen LogP contribution in [0.5, 0.6) is 0 Å². The average molecular weight is 263 g/mol.